The smallest absolute Gasteiger partial charge is 0.0940 e. The molecule has 2 N–H and O–H groups in total. The van der Waals surface area contributed by atoms with Crippen LogP contribution in [0.4, 0.5) is 0 Å². The summed E-state index contributed by atoms with van der Waals surface area (Å²) in [6.45, 7) is 1.48. The summed E-state index contributed by atoms with van der Waals surface area (Å²) in [4.78, 5) is 0. The fourth-order valence-electron chi connectivity index (χ4n) is 1.32. The van der Waals surface area contributed by atoms with Crippen LogP contribution in [0, 0.1) is 0 Å². The van der Waals surface area contributed by atoms with Crippen LogP contribution < -0.4 is 5.32 Å². The van der Waals surface area contributed by atoms with E-state index in [0.717, 1.165) is 12.0 Å². The van der Waals surface area contributed by atoms with Gasteiger partial charge in [-0.3, -0.25) is 0 Å². The highest BCUT2D eigenvalue weighted by molar-refractivity contribution is 5.85. The van der Waals surface area contributed by atoms with Gasteiger partial charge in [-0.05, 0) is 31.4 Å². The van der Waals surface area contributed by atoms with Gasteiger partial charge in [0.25, 0.3) is 0 Å². The highest BCUT2D eigenvalue weighted by Gasteiger charge is 2.13. The molecule has 0 heterocycles. The van der Waals surface area contributed by atoms with Crippen molar-refractivity contribution >= 4 is 12.4 Å². The van der Waals surface area contributed by atoms with E-state index >= 15 is 0 Å². The molecule has 0 radical (unpaired) electrons. The Labute approximate surface area is 102 Å². The van der Waals surface area contributed by atoms with Gasteiger partial charge in [-0.2, -0.15) is 0 Å². The second kappa shape index (κ2) is 6.83. The molecule has 86 valence electrons. The van der Waals surface area contributed by atoms with Crippen molar-refractivity contribution in [1.29, 1.82) is 0 Å². The van der Waals surface area contributed by atoms with Gasteiger partial charge < -0.3 is 10.4 Å². The van der Waals surface area contributed by atoms with Gasteiger partial charge in [0.2, 0.25) is 0 Å². The van der Waals surface area contributed by atoms with E-state index in [1.54, 1.807) is 6.92 Å². The van der Waals surface area contributed by atoms with Crippen LogP contribution in [0.1, 0.15) is 35.2 Å². The van der Waals surface area contributed by atoms with Gasteiger partial charge >= 0.3 is 0 Å². The molecule has 3 heteroatoms. The first-order chi connectivity index (χ1) is 7.83. The van der Waals surface area contributed by atoms with Gasteiger partial charge in [0.15, 0.2) is 0 Å². The van der Waals surface area contributed by atoms with Crippen LogP contribution in [-0.4, -0.2) is 18.1 Å². The first-order valence-electron chi connectivity index (χ1n) is 6.38. The quantitative estimate of drug-likeness (QED) is 0.835. The number of hydrogen-bond donors (Lipinski definition) is 2. The van der Waals surface area contributed by atoms with E-state index in [9.17, 15) is 5.11 Å². The third-order valence-electron chi connectivity index (χ3n) is 2.43. The van der Waals surface area contributed by atoms with Crippen molar-refractivity contribution in [2.45, 2.75) is 32.4 Å². The maximum absolute atomic E-state index is 10.0. The van der Waals surface area contributed by atoms with Gasteiger partial charge in [-0.1, -0.05) is 31.2 Å². The molecule has 2 unspecified atom stereocenters. The number of rotatable bonds is 4. The molecule has 0 saturated heterocycles. The van der Waals surface area contributed by atoms with Crippen LogP contribution in [0.3, 0.4) is 0 Å². The topological polar surface area (TPSA) is 32.3 Å². The largest absolute Gasteiger partial charge is 0.387 e. The fraction of sp³-hybridized carbons (Fsp3) is 0.500. The van der Waals surface area contributed by atoms with Gasteiger partial charge in [-0.25, -0.2) is 0 Å². The molecule has 0 aliphatic heterocycles. The summed E-state index contributed by atoms with van der Waals surface area (Å²) in [6.07, 6.45) is 0.126. The van der Waals surface area contributed by atoms with Gasteiger partial charge in [0, 0.05) is 10.2 Å². The second-order valence-corrected chi connectivity index (χ2v) is 3.47. The van der Waals surface area contributed by atoms with Crippen LogP contribution in [-0.2, 0) is 6.42 Å². The maximum Gasteiger partial charge on any atom is 0.0940 e. The monoisotopic (exact) mass is 232 g/mol. The lowest BCUT2D eigenvalue weighted by Gasteiger charge is -2.18. The molecule has 2 nitrogen and oxygen atoms in total. The third-order valence-corrected chi connectivity index (χ3v) is 2.43. The molecule has 0 aliphatic rings. The van der Waals surface area contributed by atoms with Gasteiger partial charge in [-0.15, -0.1) is 12.4 Å². The van der Waals surface area contributed by atoms with Gasteiger partial charge in [0.1, 0.15) is 0 Å². The lowest BCUT2D eigenvalue weighted by atomic mass is 10.0. The Bertz CT molecular complexity index is 353. The molecule has 0 bridgehead atoms. The summed E-state index contributed by atoms with van der Waals surface area (Å²) < 4.78 is 21.3. The summed E-state index contributed by atoms with van der Waals surface area (Å²) in [5.74, 6) is 0. The molecule has 1 rings (SSSR count). The minimum Gasteiger partial charge on any atom is -0.387 e. The van der Waals surface area contributed by atoms with E-state index in [0.29, 0.717) is 0 Å². The lowest BCUT2D eigenvalue weighted by molar-refractivity contribution is 0.140. The number of halogens is 1. The van der Waals surface area contributed by atoms with Crippen molar-refractivity contribution in [1.82, 2.24) is 5.32 Å². The Hall–Kier alpha value is -0.570. The number of likely N-dealkylation sites (N-methyl/N-ethyl adjacent to an activating group) is 1. The van der Waals surface area contributed by atoms with Crippen LogP contribution in [0.2, 0.25) is 0 Å². The van der Waals surface area contributed by atoms with E-state index in [1.165, 1.54) is 5.56 Å². The molecular weight excluding hydrogens is 210 g/mol. The number of aliphatic hydroxyl groups excluding tert-OH is 1. The minimum atomic E-state index is -2.23. The van der Waals surface area contributed by atoms with E-state index in [2.05, 4.69) is 12.2 Å². The van der Waals surface area contributed by atoms with Crippen LogP contribution in [0.15, 0.2) is 24.3 Å². The zero-order valence-corrected chi connectivity index (χ0v) is 9.84. The molecule has 1 aromatic carbocycles. The lowest BCUT2D eigenvalue weighted by Crippen LogP contribution is -2.28. The number of aliphatic hydroxyl groups is 1. The molecule has 0 spiro atoms. The second-order valence-electron chi connectivity index (χ2n) is 3.47. The predicted molar refractivity (Wildman–Crippen MR) is 66.5 cm³/mol. The van der Waals surface area contributed by atoms with Crippen molar-refractivity contribution < 1.29 is 9.22 Å². The normalized spacial score (nSPS) is 17.9. The highest BCUT2D eigenvalue weighted by Crippen LogP contribution is 2.17. The first-order valence-corrected chi connectivity index (χ1v) is 4.88. The summed E-state index contributed by atoms with van der Waals surface area (Å²) in [5, 5.41) is 12.4. The van der Waals surface area contributed by atoms with E-state index in [1.807, 2.05) is 24.3 Å². The van der Waals surface area contributed by atoms with Crippen molar-refractivity contribution in [2.75, 3.05) is 6.98 Å². The number of benzene rings is 1. The van der Waals surface area contributed by atoms with E-state index < -0.39 is 19.1 Å². The average molecular weight is 233 g/mol. The zero-order chi connectivity index (χ0) is 13.1. The van der Waals surface area contributed by atoms with Gasteiger partial charge in [0.05, 0.1) is 6.10 Å². The number of aryl methyl sites for hydroxylation is 1. The Balaban J connectivity index is 0.00000289. The molecule has 0 saturated carbocycles. The SMILES string of the molecule is Cl.[2H]C([2H])([2H])NC(C)C(O)c1ccc(CC)cc1. The van der Waals surface area contributed by atoms with E-state index in [4.69, 9.17) is 4.11 Å². The summed E-state index contributed by atoms with van der Waals surface area (Å²) in [5.41, 5.74) is 1.92. The Morgan fingerprint density at radius 3 is 2.47 bits per heavy atom. The zero-order valence-electron chi connectivity index (χ0n) is 12.0. The Morgan fingerprint density at radius 1 is 1.40 bits per heavy atom. The molecule has 15 heavy (non-hydrogen) atoms. The molecule has 0 fully saturated rings. The minimum absolute atomic E-state index is 0. The average Bonchev–Trinajstić information content (AvgIpc) is 2.26. The van der Waals surface area contributed by atoms with Crippen molar-refractivity contribution in [3.63, 3.8) is 0 Å². The van der Waals surface area contributed by atoms with E-state index in [-0.39, 0.29) is 12.4 Å². The molecular formula is C12H20ClNO. The standard InChI is InChI=1S/C12H19NO.ClH/c1-4-10-5-7-11(8-6-10)12(14)9(2)13-3;/h5-9,12-14H,4H2,1-3H3;1H/i3D3;. The molecule has 0 amide bonds. The molecule has 2 atom stereocenters. The Morgan fingerprint density at radius 2 is 2.00 bits per heavy atom. The summed E-state index contributed by atoms with van der Waals surface area (Å²) in [6, 6.07) is 7.04. The van der Waals surface area contributed by atoms with Crippen LogP contribution in [0.25, 0.3) is 0 Å². The van der Waals surface area contributed by atoms with Crippen LogP contribution >= 0.6 is 12.4 Å². The first kappa shape index (κ1) is 9.64. The molecule has 1 aromatic rings. The maximum atomic E-state index is 10.0. The number of hydrogen-bond acceptors (Lipinski definition) is 2. The number of nitrogens with one attached hydrogen (secondary N) is 1. The van der Waals surface area contributed by atoms with Crippen molar-refractivity contribution in [2.24, 2.45) is 0 Å². The Kier molecular flexibility index (Phi) is 4.39. The summed E-state index contributed by atoms with van der Waals surface area (Å²) in [7, 11) is 0. The summed E-state index contributed by atoms with van der Waals surface area (Å²) >= 11 is 0. The fourth-order valence-corrected chi connectivity index (χ4v) is 1.32. The molecule has 0 aliphatic carbocycles. The van der Waals surface area contributed by atoms with Crippen LogP contribution in [0.5, 0.6) is 0 Å². The third kappa shape index (κ3) is 3.82. The highest BCUT2D eigenvalue weighted by atomic mass is 35.5. The predicted octanol–water partition coefficient (Wildman–Crippen LogP) is 2.31. The van der Waals surface area contributed by atoms with Crippen molar-refractivity contribution in [3.8, 4) is 0 Å². The molecule has 0 aromatic heterocycles. The van der Waals surface area contributed by atoms with Crippen molar-refractivity contribution in [3.05, 3.63) is 35.4 Å².